The topological polar surface area (TPSA) is 41.6 Å². The second-order valence-corrected chi connectivity index (χ2v) is 6.73. The molecule has 0 aromatic carbocycles. The minimum atomic E-state index is -0.185. The second-order valence-electron chi connectivity index (χ2n) is 6.73. The molecule has 0 aliphatic carbocycles. The summed E-state index contributed by atoms with van der Waals surface area (Å²) in [6.07, 6.45) is 3.38. The number of ether oxygens (including phenoxy) is 1. The number of piperidine rings is 1. The lowest BCUT2D eigenvalue weighted by Crippen LogP contribution is -2.46. The molecule has 4 heteroatoms. The number of hydrogen-bond donors (Lipinski definition) is 1. The standard InChI is InChI=1S/C15H30N2O2/c1-12(2)16-13(14(18)19-5)7-10-17-9-6-8-15(3,4)11-17/h12-13,16H,6-11H2,1-5H3. The van der Waals surface area contributed by atoms with Gasteiger partial charge in [-0.25, -0.2) is 0 Å². The van der Waals surface area contributed by atoms with Crippen LogP contribution in [0.25, 0.3) is 0 Å². The highest BCUT2D eigenvalue weighted by Crippen LogP contribution is 2.28. The van der Waals surface area contributed by atoms with Crippen LogP contribution in [0.15, 0.2) is 0 Å². The summed E-state index contributed by atoms with van der Waals surface area (Å²) in [5.41, 5.74) is 0.407. The van der Waals surface area contributed by atoms with Gasteiger partial charge in [0.15, 0.2) is 0 Å². The van der Waals surface area contributed by atoms with Gasteiger partial charge in [-0.3, -0.25) is 4.79 Å². The molecular weight excluding hydrogens is 240 g/mol. The average Bonchev–Trinajstić information content (AvgIpc) is 2.32. The lowest BCUT2D eigenvalue weighted by Gasteiger charge is -2.38. The highest BCUT2D eigenvalue weighted by Gasteiger charge is 2.27. The quantitative estimate of drug-likeness (QED) is 0.750. The van der Waals surface area contributed by atoms with Crippen LogP contribution < -0.4 is 5.32 Å². The number of carbonyl (C=O) groups is 1. The fourth-order valence-electron chi connectivity index (χ4n) is 2.86. The summed E-state index contributed by atoms with van der Waals surface area (Å²) in [5.74, 6) is -0.148. The number of nitrogens with one attached hydrogen (secondary N) is 1. The Hall–Kier alpha value is -0.610. The number of carbonyl (C=O) groups excluding carboxylic acids is 1. The van der Waals surface area contributed by atoms with Crippen molar-refractivity contribution < 1.29 is 9.53 Å². The molecule has 1 aliphatic heterocycles. The molecule has 1 rings (SSSR count). The maximum Gasteiger partial charge on any atom is 0.322 e. The van der Waals surface area contributed by atoms with E-state index in [9.17, 15) is 4.79 Å². The first-order valence-corrected chi connectivity index (χ1v) is 7.40. The van der Waals surface area contributed by atoms with Gasteiger partial charge < -0.3 is 15.0 Å². The first kappa shape index (κ1) is 16.4. The number of likely N-dealkylation sites (tertiary alicyclic amines) is 1. The molecule has 0 bridgehead atoms. The summed E-state index contributed by atoms with van der Waals surface area (Å²) < 4.78 is 4.87. The van der Waals surface area contributed by atoms with E-state index in [-0.39, 0.29) is 12.0 Å². The van der Waals surface area contributed by atoms with Crippen molar-refractivity contribution in [3.8, 4) is 0 Å². The van der Waals surface area contributed by atoms with Gasteiger partial charge in [0.2, 0.25) is 0 Å². The molecule has 0 aromatic heterocycles. The molecule has 1 aliphatic rings. The van der Waals surface area contributed by atoms with Crippen LogP contribution in [0.2, 0.25) is 0 Å². The predicted octanol–water partition coefficient (Wildman–Crippen LogP) is 2.04. The van der Waals surface area contributed by atoms with Crippen molar-refractivity contribution >= 4 is 5.97 Å². The van der Waals surface area contributed by atoms with Crippen molar-refractivity contribution in [1.82, 2.24) is 10.2 Å². The Morgan fingerprint density at radius 1 is 1.42 bits per heavy atom. The van der Waals surface area contributed by atoms with Crippen LogP contribution in [0.3, 0.4) is 0 Å². The van der Waals surface area contributed by atoms with Gasteiger partial charge >= 0.3 is 5.97 Å². The summed E-state index contributed by atoms with van der Waals surface area (Å²) in [7, 11) is 1.46. The van der Waals surface area contributed by atoms with Crippen LogP contribution >= 0.6 is 0 Å². The number of hydrogen-bond acceptors (Lipinski definition) is 4. The van der Waals surface area contributed by atoms with E-state index in [0.717, 1.165) is 26.1 Å². The van der Waals surface area contributed by atoms with E-state index in [0.29, 0.717) is 11.5 Å². The molecule has 1 saturated heterocycles. The first-order valence-electron chi connectivity index (χ1n) is 7.40. The highest BCUT2D eigenvalue weighted by molar-refractivity contribution is 5.75. The third-order valence-electron chi connectivity index (χ3n) is 3.73. The fourth-order valence-corrected chi connectivity index (χ4v) is 2.86. The van der Waals surface area contributed by atoms with Crippen LogP contribution in [0.1, 0.15) is 47.0 Å². The lowest BCUT2D eigenvalue weighted by atomic mass is 9.84. The van der Waals surface area contributed by atoms with Gasteiger partial charge in [0.1, 0.15) is 6.04 Å². The minimum Gasteiger partial charge on any atom is -0.468 e. The maximum absolute atomic E-state index is 11.7. The molecule has 19 heavy (non-hydrogen) atoms. The molecule has 0 radical (unpaired) electrons. The van der Waals surface area contributed by atoms with Gasteiger partial charge in [0.25, 0.3) is 0 Å². The average molecular weight is 270 g/mol. The van der Waals surface area contributed by atoms with E-state index in [1.165, 1.54) is 20.0 Å². The van der Waals surface area contributed by atoms with Crippen molar-refractivity contribution in [3.05, 3.63) is 0 Å². The summed E-state index contributed by atoms with van der Waals surface area (Å²) in [6, 6.07) is 0.108. The van der Waals surface area contributed by atoms with Crippen LogP contribution in [-0.2, 0) is 9.53 Å². The zero-order chi connectivity index (χ0) is 14.5. The van der Waals surface area contributed by atoms with Crippen molar-refractivity contribution in [2.24, 2.45) is 5.41 Å². The Kier molecular flexibility index (Phi) is 6.27. The maximum atomic E-state index is 11.7. The molecule has 1 unspecified atom stereocenters. The van der Waals surface area contributed by atoms with Crippen molar-refractivity contribution in [3.63, 3.8) is 0 Å². The van der Waals surface area contributed by atoms with Crippen molar-refractivity contribution in [2.75, 3.05) is 26.7 Å². The zero-order valence-corrected chi connectivity index (χ0v) is 13.2. The number of methoxy groups -OCH3 is 1. The first-order chi connectivity index (χ1) is 8.84. The van der Waals surface area contributed by atoms with Gasteiger partial charge in [-0.05, 0) is 31.2 Å². The van der Waals surface area contributed by atoms with Crippen LogP contribution in [0, 0.1) is 5.41 Å². The van der Waals surface area contributed by atoms with Crippen molar-refractivity contribution in [1.29, 1.82) is 0 Å². The van der Waals surface area contributed by atoms with Crippen LogP contribution in [0.4, 0.5) is 0 Å². The molecule has 1 heterocycles. The molecule has 1 atom stereocenters. The predicted molar refractivity (Wildman–Crippen MR) is 78.1 cm³/mol. The smallest absolute Gasteiger partial charge is 0.322 e. The number of rotatable bonds is 6. The summed E-state index contributed by atoms with van der Waals surface area (Å²) in [6.45, 7) is 12.0. The fraction of sp³-hybridized carbons (Fsp3) is 0.933. The van der Waals surface area contributed by atoms with Crippen LogP contribution in [0.5, 0.6) is 0 Å². The Bertz CT molecular complexity index is 290. The zero-order valence-electron chi connectivity index (χ0n) is 13.2. The summed E-state index contributed by atoms with van der Waals surface area (Å²) >= 11 is 0. The third-order valence-corrected chi connectivity index (χ3v) is 3.73. The van der Waals surface area contributed by atoms with E-state index in [4.69, 9.17) is 4.74 Å². The molecule has 0 spiro atoms. The Balaban J connectivity index is 2.44. The van der Waals surface area contributed by atoms with Gasteiger partial charge in [0.05, 0.1) is 7.11 Å². The Morgan fingerprint density at radius 3 is 2.63 bits per heavy atom. The largest absolute Gasteiger partial charge is 0.468 e. The van der Waals surface area contributed by atoms with E-state index in [1.807, 2.05) is 0 Å². The molecule has 0 saturated carbocycles. The van der Waals surface area contributed by atoms with Crippen LogP contribution in [-0.4, -0.2) is 49.7 Å². The van der Waals surface area contributed by atoms with Gasteiger partial charge in [0, 0.05) is 19.1 Å². The normalized spacial score (nSPS) is 21.4. The number of esters is 1. The molecule has 0 amide bonds. The summed E-state index contributed by atoms with van der Waals surface area (Å²) in [5, 5.41) is 3.29. The Morgan fingerprint density at radius 2 is 2.11 bits per heavy atom. The Labute approximate surface area is 117 Å². The highest BCUT2D eigenvalue weighted by atomic mass is 16.5. The number of nitrogens with zero attached hydrogens (tertiary/aromatic N) is 1. The van der Waals surface area contributed by atoms with Gasteiger partial charge in [-0.2, -0.15) is 0 Å². The molecule has 4 nitrogen and oxygen atoms in total. The molecular formula is C15H30N2O2. The van der Waals surface area contributed by atoms with Gasteiger partial charge in [-0.1, -0.05) is 27.7 Å². The monoisotopic (exact) mass is 270 g/mol. The van der Waals surface area contributed by atoms with Crippen molar-refractivity contribution in [2.45, 2.75) is 59.0 Å². The molecule has 1 N–H and O–H groups in total. The van der Waals surface area contributed by atoms with Gasteiger partial charge in [-0.15, -0.1) is 0 Å². The minimum absolute atomic E-state index is 0.148. The summed E-state index contributed by atoms with van der Waals surface area (Å²) in [4.78, 5) is 14.2. The van der Waals surface area contributed by atoms with E-state index < -0.39 is 0 Å². The molecule has 112 valence electrons. The SMILES string of the molecule is COC(=O)C(CCN1CCCC(C)(C)C1)NC(C)C. The van der Waals surface area contributed by atoms with E-state index in [1.54, 1.807) is 0 Å². The molecule has 0 aromatic rings. The second kappa shape index (κ2) is 7.25. The van der Waals surface area contributed by atoms with E-state index >= 15 is 0 Å². The molecule has 1 fully saturated rings. The third kappa shape index (κ3) is 5.91. The lowest BCUT2D eigenvalue weighted by molar-refractivity contribution is -0.143. The van der Waals surface area contributed by atoms with E-state index in [2.05, 4.69) is 37.9 Å².